The SMILES string of the molecule is O=C(NC1=NC=NC2CN(Cc3ccc(F)cc3F)CC=C12)C12CC3CC(CC(C3)C1)C2. The normalized spacial score (nSPS) is 35.3. The van der Waals surface area contributed by atoms with Crippen LogP contribution in [0, 0.1) is 34.8 Å². The first-order chi connectivity index (χ1) is 15.5. The number of carbonyl (C=O) groups excluding carboxylic acids is 1. The summed E-state index contributed by atoms with van der Waals surface area (Å²) in [5.74, 6) is 1.80. The van der Waals surface area contributed by atoms with Gasteiger partial charge in [-0.15, -0.1) is 0 Å². The molecule has 0 aromatic heterocycles. The molecule has 4 aliphatic carbocycles. The lowest BCUT2D eigenvalue weighted by molar-refractivity contribution is -0.144. The van der Waals surface area contributed by atoms with Crippen LogP contribution in [0.3, 0.4) is 0 Å². The number of nitrogens with zero attached hydrogens (tertiary/aromatic N) is 3. The van der Waals surface area contributed by atoms with Crippen molar-refractivity contribution < 1.29 is 13.6 Å². The van der Waals surface area contributed by atoms with Gasteiger partial charge in [0.1, 0.15) is 23.8 Å². The van der Waals surface area contributed by atoms with Crippen LogP contribution in [0.2, 0.25) is 0 Å². The minimum atomic E-state index is -0.570. The minimum Gasteiger partial charge on any atom is -0.310 e. The zero-order chi connectivity index (χ0) is 21.9. The summed E-state index contributed by atoms with van der Waals surface area (Å²) in [7, 11) is 0. The van der Waals surface area contributed by atoms with E-state index in [4.69, 9.17) is 0 Å². The molecule has 32 heavy (non-hydrogen) atoms. The van der Waals surface area contributed by atoms with Gasteiger partial charge in [0.25, 0.3) is 0 Å². The van der Waals surface area contributed by atoms with Crippen LogP contribution < -0.4 is 5.32 Å². The Morgan fingerprint density at radius 3 is 2.53 bits per heavy atom. The maximum Gasteiger partial charge on any atom is 0.231 e. The van der Waals surface area contributed by atoms with E-state index in [0.29, 0.717) is 48.8 Å². The number of aliphatic imine (C=N–C) groups is 2. The van der Waals surface area contributed by atoms with Crippen molar-refractivity contribution in [3.05, 3.63) is 47.0 Å². The lowest BCUT2D eigenvalue weighted by atomic mass is 9.49. The molecule has 168 valence electrons. The molecule has 2 heterocycles. The van der Waals surface area contributed by atoms with Crippen molar-refractivity contribution in [2.45, 2.75) is 51.1 Å². The van der Waals surface area contributed by atoms with E-state index in [1.165, 1.54) is 37.7 Å². The van der Waals surface area contributed by atoms with Crippen LogP contribution in [0.4, 0.5) is 8.78 Å². The first-order valence-electron chi connectivity index (χ1n) is 11.7. The fourth-order valence-corrected chi connectivity index (χ4v) is 7.16. The number of nitrogens with one attached hydrogen (secondary N) is 1. The Hall–Kier alpha value is -2.41. The van der Waals surface area contributed by atoms with Gasteiger partial charge < -0.3 is 5.32 Å². The second-order valence-corrected chi connectivity index (χ2v) is 10.5. The van der Waals surface area contributed by atoms with E-state index in [1.807, 2.05) is 6.08 Å². The first-order valence-corrected chi connectivity index (χ1v) is 11.7. The highest BCUT2D eigenvalue weighted by Gasteiger charge is 2.54. The van der Waals surface area contributed by atoms with Crippen LogP contribution >= 0.6 is 0 Å². The lowest BCUT2D eigenvalue weighted by Gasteiger charge is -2.55. The largest absolute Gasteiger partial charge is 0.310 e. The van der Waals surface area contributed by atoms with Gasteiger partial charge in [-0.05, 0) is 62.3 Å². The number of amides is 1. The Bertz CT molecular complexity index is 1010. The molecule has 2 aliphatic heterocycles. The van der Waals surface area contributed by atoms with Gasteiger partial charge in [-0.3, -0.25) is 14.7 Å². The van der Waals surface area contributed by atoms with Crippen molar-refractivity contribution in [2.24, 2.45) is 33.2 Å². The lowest BCUT2D eigenvalue weighted by Crippen LogP contribution is -2.55. The Morgan fingerprint density at radius 2 is 1.84 bits per heavy atom. The van der Waals surface area contributed by atoms with Crippen LogP contribution in [0.15, 0.2) is 39.8 Å². The molecular formula is C25H28F2N4O. The van der Waals surface area contributed by atoms with E-state index in [0.717, 1.165) is 30.9 Å². The van der Waals surface area contributed by atoms with E-state index < -0.39 is 11.6 Å². The summed E-state index contributed by atoms with van der Waals surface area (Å²) in [4.78, 5) is 24.5. The number of benzene rings is 1. The topological polar surface area (TPSA) is 57.1 Å². The number of amidine groups is 1. The highest BCUT2D eigenvalue weighted by atomic mass is 19.1. The van der Waals surface area contributed by atoms with Gasteiger partial charge in [-0.1, -0.05) is 12.1 Å². The summed E-state index contributed by atoms with van der Waals surface area (Å²) in [6, 6.07) is 3.56. The Labute approximate surface area is 186 Å². The number of carbonyl (C=O) groups is 1. The van der Waals surface area contributed by atoms with Crippen molar-refractivity contribution in [1.29, 1.82) is 0 Å². The summed E-state index contributed by atoms with van der Waals surface area (Å²) in [5.41, 5.74) is 1.19. The predicted molar refractivity (Wildman–Crippen MR) is 118 cm³/mol. The number of halogens is 2. The Morgan fingerprint density at radius 1 is 1.12 bits per heavy atom. The van der Waals surface area contributed by atoms with E-state index in [9.17, 15) is 13.6 Å². The molecule has 1 atom stereocenters. The minimum absolute atomic E-state index is 0.140. The maximum atomic E-state index is 14.1. The van der Waals surface area contributed by atoms with Crippen LogP contribution in [0.5, 0.6) is 0 Å². The van der Waals surface area contributed by atoms with Crippen molar-refractivity contribution in [3.8, 4) is 0 Å². The average molecular weight is 439 g/mol. The zero-order valence-corrected chi connectivity index (χ0v) is 18.1. The Kier molecular flexibility index (Phi) is 4.79. The third-order valence-corrected chi connectivity index (χ3v) is 8.23. The molecule has 1 unspecified atom stereocenters. The summed E-state index contributed by atoms with van der Waals surface area (Å²) >= 11 is 0. The van der Waals surface area contributed by atoms with Gasteiger partial charge in [-0.25, -0.2) is 13.8 Å². The third kappa shape index (κ3) is 3.51. The summed E-state index contributed by atoms with van der Waals surface area (Å²) in [6.45, 7) is 1.59. The molecule has 1 N–H and O–H groups in total. The van der Waals surface area contributed by atoms with Gasteiger partial charge in [-0.2, -0.15) is 0 Å². The first kappa shape index (κ1) is 20.2. The zero-order valence-electron chi connectivity index (χ0n) is 18.1. The standard InChI is InChI=1S/C25H28F2N4O/c26-19-2-1-18(21(27)8-19)12-31-4-3-20-22(13-31)28-14-29-23(20)30-24(32)25-9-15-5-16(10-25)7-17(6-15)11-25/h1-3,8,14-17,22H,4-7,9-13H2,(H,28,29,30,32). The van der Waals surface area contributed by atoms with Crippen molar-refractivity contribution in [1.82, 2.24) is 10.2 Å². The second-order valence-electron chi connectivity index (χ2n) is 10.5. The number of hydrogen-bond donors (Lipinski definition) is 1. The molecule has 1 aromatic carbocycles. The van der Waals surface area contributed by atoms with Crippen LogP contribution in [0.25, 0.3) is 0 Å². The summed E-state index contributed by atoms with van der Waals surface area (Å²) in [6.07, 6.45) is 10.5. The highest BCUT2D eigenvalue weighted by Crippen LogP contribution is 2.60. The van der Waals surface area contributed by atoms with Gasteiger partial charge in [0.05, 0.1) is 11.5 Å². The average Bonchev–Trinajstić information content (AvgIpc) is 2.75. The molecule has 7 heteroatoms. The third-order valence-electron chi connectivity index (χ3n) is 8.23. The van der Waals surface area contributed by atoms with Crippen molar-refractivity contribution >= 4 is 18.1 Å². The van der Waals surface area contributed by atoms with E-state index in [1.54, 1.807) is 0 Å². The van der Waals surface area contributed by atoms with Gasteiger partial charge in [0.15, 0.2) is 0 Å². The second kappa shape index (κ2) is 7.58. The quantitative estimate of drug-likeness (QED) is 0.780. The molecule has 1 amide bonds. The molecule has 0 spiro atoms. The molecular weight excluding hydrogens is 410 g/mol. The van der Waals surface area contributed by atoms with E-state index in [-0.39, 0.29) is 17.4 Å². The van der Waals surface area contributed by atoms with Crippen molar-refractivity contribution in [2.75, 3.05) is 13.1 Å². The molecule has 0 saturated heterocycles. The van der Waals surface area contributed by atoms with Gasteiger partial charge in [0, 0.05) is 36.8 Å². The molecule has 4 fully saturated rings. The van der Waals surface area contributed by atoms with Gasteiger partial charge >= 0.3 is 0 Å². The van der Waals surface area contributed by atoms with E-state index >= 15 is 0 Å². The Balaban J connectivity index is 1.16. The highest BCUT2D eigenvalue weighted by molar-refractivity contribution is 6.13. The van der Waals surface area contributed by atoms with Gasteiger partial charge in [0.2, 0.25) is 5.91 Å². The summed E-state index contributed by atoms with van der Waals surface area (Å²) in [5, 5.41) is 3.19. The predicted octanol–water partition coefficient (Wildman–Crippen LogP) is 3.85. The number of fused-ring (bicyclic) bond motifs is 1. The van der Waals surface area contributed by atoms with Crippen molar-refractivity contribution in [3.63, 3.8) is 0 Å². The maximum absolute atomic E-state index is 14.1. The monoisotopic (exact) mass is 438 g/mol. The molecule has 4 saturated carbocycles. The molecule has 4 bridgehead atoms. The molecule has 0 radical (unpaired) electrons. The molecule has 5 nitrogen and oxygen atoms in total. The van der Waals surface area contributed by atoms with Crippen LogP contribution in [-0.2, 0) is 11.3 Å². The molecule has 7 rings (SSSR count). The fourth-order valence-electron chi connectivity index (χ4n) is 7.16. The fraction of sp³-hybridized carbons (Fsp3) is 0.560. The van der Waals surface area contributed by atoms with Crippen LogP contribution in [-0.4, -0.2) is 42.1 Å². The number of hydrogen-bond acceptors (Lipinski definition) is 4. The summed E-state index contributed by atoms with van der Waals surface area (Å²) < 4.78 is 27.3. The molecule has 6 aliphatic rings. The van der Waals surface area contributed by atoms with E-state index in [2.05, 4.69) is 20.2 Å². The smallest absolute Gasteiger partial charge is 0.231 e. The molecule has 1 aromatic rings. The number of rotatable bonds is 3. The van der Waals surface area contributed by atoms with Crippen LogP contribution in [0.1, 0.15) is 44.1 Å².